The quantitative estimate of drug-likeness (QED) is 0.682. The van der Waals surface area contributed by atoms with Crippen LogP contribution in [-0.2, 0) is 0 Å². The summed E-state index contributed by atoms with van der Waals surface area (Å²) in [5.41, 5.74) is 0. The predicted octanol–water partition coefficient (Wildman–Crippen LogP) is 0.551. The monoisotopic (exact) mass is 177 g/mol. The van der Waals surface area contributed by atoms with E-state index in [0.29, 0.717) is 0 Å². The fourth-order valence-electron chi connectivity index (χ4n) is 0.526. The van der Waals surface area contributed by atoms with Gasteiger partial charge in [-0.2, -0.15) is 9.89 Å². The van der Waals surface area contributed by atoms with E-state index in [-0.39, 0.29) is 12.4 Å². The molecule has 1 rings (SSSR count). The van der Waals surface area contributed by atoms with Crippen LogP contribution in [0.1, 0.15) is 0 Å². The van der Waals surface area contributed by atoms with E-state index < -0.39 is 6.09 Å². The molecule has 5 nitrogen and oxygen atoms in total. The largest absolute Gasteiger partial charge is 0.464 e. The second kappa shape index (κ2) is 3.82. The minimum atomic E-state index is -1.04. The van der Waals surface area contributed by atoms with E-state index in [4.69, 9.17) is 5.11 Å². The van der Waals surface area contributed by atoms with Gasteiger partial charge in [0.15, 0.2) is 0 Å². The second-order valence-corrected chi connectivity index (χ2v) is 1.73. The Hall–Kier alpha value is -1.23. The van der Waals surface area contributed by atoms with Crippen LogP contribution in [0.2, 0.25) is 0 Å². The van der Waals surface area contributed by atoms with Crippen molar-refractivity contribution in [3.05, 3.63) is 18.5 Å². The van der Waals surface area contributed by atoms with Crippen molar-refractivity contribution in [3.8, 4) is 0 Å². The van der Waals surface area contributed by atoms with E-state index in [0.717, 1.165) is 5.01 Å². The topological polar surface area (TPSA) is 58.4 Å². The summed E-state index contributed by atoms with van der Waals surface area (Å²) < 4.78 is 0. The van der Waals surface area contributed by atoms with E-state index in [2.05, 4.69) is 5.10 Å². The minimum Gasteiger partial charge on any atom is -0.464 e. The zero-order chi connectivity index (χ0) is 7.56. The van der Waals surface area contributed by atoms with Gasteiger partial charge in [-0.05, 0) is 6.07 Å². The van der Waals surface area contributed by atoms with Crippen LogP contribution in [0.3, 0.4) is 0 Å². The van der Waals surface area contributed by atoms with Gasteiger partial charge in [0.05, 0.1) is 6.20 Å². The van der Waals surface area contributed by atoms with Crippen molar-refractivity contribution in [1.82, 2.24) is 9.89 Å². The first-order valence-corrected chi connectivity index (χ1v) is 2.68. The Morgan fingerprint density at radius 1 is 1.73 bits per heavy atom. The maximum Gasteiger partial charge on any atom is 0.427 e. The van der Waals surface area contributed by atoms with E-state index in [9.17, 15) is 4.79 Å². The van der Waals surface area contributed by atoms with Gasteiger partial charge in [0.1, 0.15) is 0 Å². The van der Waals surface area contributed by atoms with E-state index in [1.54, 1.807) is 12.3 Å². The fourth-order valence-corrected chi connectivity index (χ4v) is 0.526. The highest BCUT2D eigenvalue weighted by Gasteiger charge is 2.05. The normalized spacial score (nSPS) is 8.45. The smallest absolute Gasteiger partial charge is 0.427 e. The standard InChI is InChI=1S/C5H7N3O2.ClH/c1-7(5(9)10)8-4-2-3-6-8;/h2-4H,1H3,(H,9,10);1H. The number of carboxylic acid groups (broad SMARTS) is 1. The summed E-state index contributed by atoms with van der Waals surface area (Å²) >= 11 is 0. The third kappa shape index (κ3) is 2.12. The van der Waals surface area contributed by atoms with Crippen molar-refractivity contribution >= 4 is 18.5 Å². The molecule has 1 aromatic rings. The first kappa shape index (κ1) is 9.77. The highest BCUT2D eigenvalue weighted by Crippen LogP contribution is 1.85. The lowest BCUT2D eigenvalue weighted by atomic mass is 10.8. The molecule has 0 radical (unpaired) electrons. The number of carbonyl (C=O) groups is 1. The average Bonchev–Trinajstić information content (AvgIpc) is 2.36. The van der Waals surface area contributed by atoms with Crippen LogP contribution < -0.4 is 5.01 Å². The molecule has 1 N–H and O–H groups in total. The fraction of sp³-hybridized carbons (Fsp3) is 0.200. The number of amides is 1. The lowest BCUT2D eigenvalue weighted by Crippen LogP contribution is -2.35. The van der Waals surface area contributed by atoms with Crippen molar-refractivity contribution in [1.29, 1.82) is 0 Å². The van der Waals surface area contributed by atoms with Crippen LogP contribution in [0.15, 0.2) is 18.5 Å². The highest BCUT2D eigenvalue weighted by atomic mass is 35.5. The molecule has 11 heavy (non-hydrogen) atoms. The SMILES string of the molecule is CN(C(=O)O)n1cccn1.Cl. The van der Waals surface area contributed by atoms with Gasteiger partial charge in [0, 0.05) is 13.2 Å². The zero-order valence-corrected chi connectivity index (χ0v) is 6.65. The molecular weight excluding hydrogens is 170 g/mol. The lowest BCUT2D eigenvalue weighted by molar-refractivity contribution is 0.195. The van der Waals surface area contributed by atoms with Gasteiger partial charge in [-0.25, -0.2) is 9.80 Å². The zero-order valence-electron chi connectivity index (χ0n) is 5.84. The molecular formula is C5H8ClN3O2. The summed E-state index contributed by atoms with van der Waals surface area (Å²) in [7, 11) is 1.41. The van der Waals surface area contributed by atoms with Crippen molar-refractivity contribution in [2.45, 2.75) is 0 Å². The summed E-state index contributed by atoms with van der Waals surface area (Å²) in [5, 5.41) is 13.1. The first-order valence-electron chi connectivity index (χ1n) is 2.68. The second-order valence-electron chi connectivity index (χ2n) is 1.73. The third-order valence-corrected chi connectivity index (χ3v) is 1.07. The van der Waals surface area contributed by atoms with Gasteiger partial charge in [0.2, 0.25) is 0 Å². The summed E-state index contributed by atoms with van der Waals surface area (Å²) in [4.78, 5) is 11.5. The molecule has 0 fully saturated rings. The van der Waals surface area contributed by atoms with Gasteiger partial charge < -0.3 is 5.11 Å². The molecule has 0 aromatic carbocycles. The first-order chi connectivity index (χ1) is 4.72. The maximum absolute atomic E-state index is 10.3. The number of hydrogen-bond donors (Lipinski definition) is 1. The van der Waals surface area contributed by atoms with Crippen LogP contribution in [0, 0.1) is 0 Å². The molecule has 0 aliphatic heterocycles. The van der Waals surface area contributed by atoms with Crippen LogP contribution in [0.4, 0.5) is 4.79 Å². The highest BCUT2D eigenvalue weighted by molar-refractivity contribution is 5.85. The molecule has 6 heteroatoms. The molecule has 0 aliphatic carbocycles. The van der Waals surface area contributed by atoms with Crippen LogP contribution in [-0.4, -0.2) is 28.1 Å². The van der Waals surface area contributed by atoms with Crippen molar-refractivity contribution in [2.24, 2.45) is 0 Å². The van der Waals surface area contributed by atoms with E-state index >= 15 is 0 Å². The molecule has 0 spiro atoms. The van der Waals surface area contributed by atoms with Gasteiger partial charge in [0.25, 0.3) is 0 Å². The lowest BCUT2D eigenvalue weighted by Gasteiger charge is -2.10. The Morgan fingerprint density at radius 3 is 2.73 bits per heavy atom. The average molecular weight is 178 g/mol. The summed E-state index contributed by atoms with van der Waals surface area (Å²) in [6.45, 7) is 0. The Morgan fingerprint density at radius 2 is 2.36 bits per heavy atom. The van der Waals surface area contributed by atoms with E-state index in [1.165, 1.54) is 18.0 Å². The Labute approximate surface area is 69.6 Å². The molecule has 62 valence electrons. The number of rotatable bonds is 1. The maximum atomic E-state index is 10.3. The summed E-state index contributed by atoms with van der Waals surface area (Å²) in [5.74, 6) is 0. The minimum absolute atomic E-state index is 0. The van der Waals surface area contributed by atoms with Crippen molar-refractivity contribution < 1.29 is 9.90 Å². The van der Waals surface area contributed by atoms with Gasteiger partial charge in [-0.3, -0.25) is 0 Å². The molecule has 0 saturated carbocycles. The summed E-state index contributed by atoms with van der Waals surface area (Å²) in [6, 6.07) is 1.65. The molecule has 0 unspecified atom stereocenters. The molecule has 1 amide bonds. The number of hydrogen-bond acceptors (Lipinski definition) is 2. The molecule has 1 heterocycles. The number of halogens is 1. The molecule has 0 atom stereocenters. The van der Waals surface area contributed by atoms with Crippen LogP contribution in [0.5, 0.6) is 0 Å². The molecule has 0 saturated heterocycles. The number of nitrogens with zero attached hydrogens (tertiary/aromatic N) is 3. The molecule has 0 aliphatic rings. The van der Waals surface area contributed by atoms with Crippen LogP contribution in [0.25, 0.3) is 0 Å². The Kier molecular flexibility index (Phi) is 3.39. The van der Waals surface area contributed by atoms with Gasteiger partial charge in [-0.1, -0.05) is 0 Å². The summed E-state index contributed by atoms with van der Waals surface area (Å²) in [6.07, 6.45) is 2.02. The van der Waals surface area contributed by atoms with E-state index in [1.807, 2.05) is 0 Å². The third-order valence-electron chi connectivity index (χ3n) is 1.07. The van der Waals surface area contributed by atoms with Crippen LogP contribution >= 0.6 is 12.4 Å². The van der Waals surface area contributed by atoms with Crippen molar-refractivity contribution in [2.75, 3.05) is 12.1 Å². The molecule has 0 bridgehead atoms. The van der Waals surface area contributed by atoms with Gasteiger partial charge >= 0.3 is 6.09 Å². The number of aromatic nitrogens is 2. The Balaban J connectivity index is 0.000001000. The van der Waals surface area contributed by atoms with Crippen molar-refractivity contribution in [3.63, 3.8) is 0 Å². The Bertz CT molecular complexity index is 224. The molecule has 1 aromatic heterocycles. The predicted molar refractivity (Wildman–Crippen MR) is 41.6 cm³/mol. The van der Waals surface area contributed by atoms with Gasteiger partial charge in [-0.15, -0.1) is 12.4 Å².